The van der Waals surface area contributed by atoms with Crippen molar-refractivity contribution in [1.29, 1.82) is 0 Å². The molecular weight excluding hydrogens is 246 g/mol. The number of nitrogens with two attached hydrogens (primary N) is 1. The van der Waals surface area contributed by atoms with Crippen LogP contribution in [0.2, 0.25) is 0 Å². The normalized spacial score (nSPS) is 38.1. The molecule has 0 aromatic carbocycles. The van der Waals surface area contributed by atoms with Gasteiger partial charge in [0.25, 0.3) is 0 Å². The van der Waals surface area contributed by atoms with Crippen molar-refractivity contribution >= 4 is 11.5 Å². The Bertz CT molecular complexity index is 471. The van der Waals surface area contributed by atoms with E-state index in [1.54, 1.807) is 0 Å². The Hall–Kier alpha value is -1.25. The summed E-state index contributed by atoms with van der Waals surface area (Å²) < 4.78 is 0. The summed E-state index contributed by atoms with van der Waals surface area (Å²) in [5.41, 5.74) is 6.79. The van der Waals surface area contributed by atoms with Gasteiger partial charge in [0.2, 0.25) is 0 Å². The van der Waals surface area contributed by atoms with E-state index in [-0.39, 0.29) is 0 Å². The number of pyridine rings is 1. The molecule has 0 amide bonds. The van der Waals surface area contributed by atoms with Crippen molar-refractivity contribution in [2.24, 2.45) is 23.7 Å². The predicted octanol–water partition coefficient (Wildman–Crippen LogP) is 3.31. The van der Waals surface area contributed by atoms with Crippen LogP contribution in [0.15, 0.2) is 18.3 Å². The Kier molecular flexibility index (Phi) is 2.90. The minimum Gasteiger partial charge on any atom is -0.399 e. The van der Waals surface area contributed by atoms with E-state index in [2.05, 4.69) is 22.9 Å². The van der Waals surface area contributed by atoms with Crippen LogP contribution in [0.1, 0.15) is 39.0 Å². The Morgan fingerprint density at radius 2 is 1.80 bits per heavy atom. The zero-order valence-electron chi connectivity index (χ0n) is 12.3. The van der Waals surface area contributed by atoms with Gasteiger partial charge in [-0.1, -0.05) is 0 Å². The Morgan fingerprint density at radius 1 is 1.15 bits per heavy atom. The first-order valence-electron chi connectivity index (χ1n) is 8.22. The van der Waals surface area contributed by atoms with Gasteiger partial charge >= 0.3 is 0 Å². The topological polar surface area (TPSA) is 42.1 Å². The molecule has 3 nitrogen and oxygen atoms in total. The highest BCUT2D eigenvalue weighted by Gasteiger charge is 2.50. The first kappa shape index (κ1) is 12.5. The van der Waals surface area contributed by atoms with Crippen LogP contribution in [0.25, 0.3) is 0 Å². The molecule has 0 radical (unpaired) electrons. The smallest absolute Gasteiger partial charge is 0.130 e. The molecule has 4 aliphatic carbocycles. The number of nitrogens with zero attached hydrogens (tertiary/aromatic N) is 2. The molecule has 0 unspecified atom stereocenters. The molecule has 4 saturated carbocycles. The third-order valence-corrected chi connectivity index (χ3v) is 5.94. The first-order valence-corrected chi connectivity index (χ1v) is 8.22. The predicted molar refractivity (Wildman–Crippen MR) is 82.5 cm³/mol. The van der Waals surface area contributed by atoms with Gasteiger partial charge in [-0.05, 0) is 68.8 Å². The second kappa shape index (κ2) is 4.64. The molecule has 108 valence electrons. The number of anilines is 2. The first-order chi connectivity index (χ1) is 9.74. The Labute approximate surface area is 121 Å². The average molecular weight is 271 g/mol. The third-order valence-electron chi connectivity index (χ3n) is 5.94. The average Bonchev–Trinajstić information content (AvgIpc) is 2.42. The molecule has 4 bridgehead atoms. The van der Waals surface area contributed by atoms with Gasteiger partial charge in [0.1, 0.15) is 5.82 Å². The summed E-state index contributed by atoms with van der Waals surface area (Å²) in [4.78, 5) is 7.13. The maximum absolute atomic E-state index is 5.96. The van der Waals surface area contributed by atoms with Crippen LogP contribution in [0.5, 0.6) is 0 Å². The van der Waals surface area contributed by atoms with E-state index >= 15 is 0 Å². The van der Waals surface area contributed by atoms with E-state index in [9.17, 15) is 0 Å². The largest absolute Gasteiger partial charge is 0.399 e. The zero-order valence-corrected chi connectivity index (χ0v) is 12.3. The standard InChI is InChI=1S/C17H25N3/c1-2-20(16-10-15(18)3-4-19-16)17-13-6-11-5-12(8-13)9-14(17)7-11/h3-4,10-14,17H,2,5-9H2,1H3,(H2,18,19). The summed E-state index contributed by atoms with van der Waals surface area (Å²) in [6.45, 7) is 3.30. The van der Waals surface area contributed by atoms with Crippen molar-refractivity contribution in [3.63, 3.8) is 0 Å². The highest BCUT2D eigenvalue weighted by Crippen LogP contribution is 2.55. The van der Waals surface area contributed by atoms with Crippen molar-refractivity contribution in [2.45, 2.75) is 45.1 Å². The molecule has 5 rings (SSSR count). The van der Waals surface area contributed by atoms with Crippen LogP contribution in [0, 0.1) is 23.7 Å². The van der Waals surface area contributed by atoms with Crippen LogP contribution in [-0.2, 0) is 0 Å². The van der Waals surface area contributed by atoms with E-state index in [0.29, 0.717) is 6.04 Å². The summed E-state index contributed by atoms with van der Waals surface area (Å²) in [6.07, 6.45) is 9.19. The molecule has 0 atom stereocenters. The van der Waals surface area contributed by atoms with Gasteiger partial charge in [0, 0.05) is 30.5 Å². The Balaban J connectivity index is 1.65. The summed E-state index contributed by atoms with van der Waals surface area (Å²) in [6, 6.07) is 4.64. The van der Waals surface area contributed by atoms with Crippen LogP contribution in [-0.4, -0.2) is 17.6 Å². The summed E-state index contributed by atoms with van der Waals surface area (Å²) in [7, 11) is 0. The quantitative estimate of drug-likeness (QED) is 0.917. The number of aromatic nitrogens is 1. The van der Waals surface area contributed by atoms with Gasteiger partial charge in [0.15, 0.2) is 0 Å². The van der Waals surface area contributed by atoms with E-state index in [4.69, 9.17) is 5.73 Å². The highest BCUT2D eigenvalue weighted by atomic mass is 15.2. The second-order valence-corrected chi connectivity index (χ2v) is 7.15. The van der Waals surface area contributed by atoms with E-state index < -0.39 is 0 Å². The van der Waals surface area contributed by atoms with Gasteiger partial charge in [-0.2, -0.15) is 0 Å². The minimum atomic E-state index is 0.710. The van der Waals surface area contributed by atoms with Crippen molar-refractivity contribution < 1.29 is 0 Å². The van der Waals surface area contributed by atoms with Gasteiger partial charge < -0.3 is 10.6 Å². The molecule has 20 heavy (non-hydrogen) atoms. The van der Waals surface area contributed by atoms with Crippen molar-refractivity contribution in [3.8, 4) is 0 Å². The molecular formula is C17H25N3. The lowest BCUT2D eigenvalue weighted by atomic mass is 9.54. The van der Waals surface area contributed by atoms with Gasteiger partial charge in [-0.25, -0.2) is 4.98 Å². The summed E-state index contributed by atoms with van der Waals surface area (Å²) in [5.74, 6) is 4.94. The molecule has 0 aliphatic heterocycles. The fourth-order valence-electron chi connectivity index (χ4n) is 5.52. The van der Waals surface area contributed by atoms with Gasteiger partial charge in [0.05, 0.1) is 0 Å². The molecule has 2 N–H and O–H groups in total. The molecule has 3 heteroatoms. The number of rotatable bonds is 3. The summed E-state index contributed by atoms with van der Waals surface area (Å²) in [5, 5.41) is 0. The maximum Gasteiger partial charge on any atom is 0.130 e. The van der Waals surface area contributed by atoms with Crippen molar-refractivity contribution in [1.82, 2.24) is 4.98 Å². The minimum absolute atomic E-state index is 0.710. The van der Waals surface area contributed by atoms with Crippen molar-refractivity contribution in [2.75, 3.05) is 17.2 Å². The highest BCUT2D eigenvalue weighted by molar-refractivity contribution is 5.51. The molecule has 0 saturated heterocycles. The molecule has 1 aromatic rings. The molecule has 1 aromatic heterocycles. The van der Waals surface area contributed by atoms with E-state index in [1.807, 2.05) is 12.3 Å². The van der Waals surface area contributed by atoms with Crippen LogP contribution < -0.4 is 10.6 Å². The lowest BCUT2D eigenvalue weighted by Crippen LogP contribution is -2.56. The lowest BCUT2D eigenvalue weighted by molar-refractivity contribution is -0.00275. The van der Waals surface area contributed by atoms with Crippen LogP contribution >= 0.6 is 0 Å². The maximum atomic E-state index is 5.96. The SMILES string of the molecule is CCN(c1cc(N)ccn1)C1C2CC3CC(C2)CC1C3. The molecule has 4 aliphatic rings. The fourth-order valence-corrected chi connectivity index (χ4v) is 5.52. The number of hydrogen-bond acceptors (Lipinski definition) is 3. The molecule has 1 heterocycles. The second-order valence-electron chi connectivity index (χ2n) is 7.15. The van der Waals surface area contributed by atoms with Gasteiger partial charge in [-0.3, -0.25) is 0 Å². The zero-order chi connectivity index (χ0) is 13.7. The summed E-state index contributed by atoms with van der Waals surface area (Å²) >= 11 is 0. The fraction of sp³-hybridized carbons (Fsp3) is 0.706. The Morgan fingerprint density at radius 3 is 2.35 bits per heavy atom. The lowest BCUT2D eigenvalue weighted by Gasteiger charge is -2.57. The van der Waals surface area contributed by atoms with Crippen LogP contribution in [0.4, 0.5) is 11.5 Å². The number of nitrogen functional groups attached to an aromatic ring is 1. The van der Waals surface area contributed by atoms with Crippen molar-refractivity contribution in [3.05, 3.63) is 18.3 Å². The van der Waals surface area contributed by atoms with Gasteiger partial charge in [-0.15, -0.1) is 0 Å². The third kappa shape index (κ3) is 1.90. The number of hydrogen-bond donors (Lipinski definition) is 1. The monoisotopic (exact) mass is 271 g/mol. The molecule has 4 fully saturated rings. The molecule has 0 spiro atoms. The van der Waals surface area contributed by atoms with E-state index in [0.717, 1.165) is 41.7 Å². The van der Waals surface area contributed by atoms with E-state index in [1.165, 1.54) is 32.1 Å². The van der Waals surface area contributed by atoms with Crippen LogP contribution in [0.3, 0.4) is 0 Å².